The summed E-state index contributed by atoms with van der Waals surface area (Å²) in [5.74, 6) is 4.47. The fourth-order valence-electron chi connectivity index (χ4n) is 3.34. The third kappa shape index (κ3) is 3.69. The molecule has 116 valence electrons. The van der Waals surface area contributed by atoms with Gasteiger partial charge in [0.25, 0.3) is 0 Å². The quantitative estimate of drug-likeness (QED) is 0.856. The summed E-state index contributed by atoms with van der Waals surface area (Å²) in [5, 5.41) is 4.61. The zero-order valence-electron chi connectivity index (χ0n) is 12.7. The van der Waals surface area contributed by atoms with Crippen LogP contribution in [-0.2, 0) is 12.8 Å². The van der Waals surface area contributed by atoms with Crippen LogP contribution in [0.3, 0.4) is 0 Å². The van der Waals surface area contributed by atoms with Crippen LogP contribution < -0.4 is 10.1 Å². The van der Waals surface area contributed by atoms with Crippen LogP contribution in [0.15, 0.2) is 12.1 Å². The van der Waals surface area contributed by atoms with E-state index in [4.69, 9.17) is 16.3 Å². The highest BCUT2D eigenvalue weighted by Gasteiger charge is 2.27. The van der Waals surface area contributed by atoms with Crippen molar-refractivity contribution in [2.24, 2.45) is 5.92 Å². The van der Waals surface area contributed by atoms with E-state index in [0.717, 1.165) is 42.7 Å². The predicted octanol–water partition coefficient (Wildman–Crippen LogP) is 3.94. The number of benzene rings is 1. The average molecular weight is 326 g/mol. The van der Waals surface area contributed by atoms with Crippen LogP contribution in [0.5, 0.6) is 5.75 Å². The van der Waals surface area contributed by atoms with E-state index in [2.05, 4.69) is 36.1 Å². The lowest BCUT2D eigenvalue weighted by molar-refractivity contribution is 0.343. The Labute approximate surface area is 137 Å². The smallest absolute Gasteiger partial charge is 0.125 e. The van der Waals surface area contributed by atoms with Crippen molar-refractivity contribution in [2.75, 3.05) is 24.7 Å². The molecule has 0 bridgehead atoms. The first-order valence-corrected chi connectivity index (χ1v) is 9.56. The number of hydrogen-bond donors (Lipinski definition) is 1. The highest BCUT2D eigenvalue weighted by Crippen LogP contribution is 2.35. The molecule has 2 unspecified atom stereocenters. The molecule has 0 spiro atoms. The van der Waals surface area contributed by atoms with Crippen LogP contribution >= 0.6 is 23.4 Å². The Morgan fingerprint density at radius 3 is 3.14 bits per heavy atom. The third-order valence-corrected chi connectivity index (χ3v) is 5.86. The molecule has 2 aliphatic heterocycles. The van der Waals surface area contributed by atoms with Gasteiger partial charge in [0.15, 0.2) is 0 Å². The minimum absolute atomic E-state index is 0.548. The van der Waals surface area contributed by atoms with Gasteiger partial charge in [0.1, 0.15) is 5.75 Å². The standard InChI is InChI=1S/C17H24ClNOS/c1-2-5-19-16(13-4-7-21-11-13)10-14-9-15(18)8-12-3-6-20-17(12)14/h8-9,13,16,19H,2-7,10-11H2,1H3. The molecule has 4 heteroatoms. The summed E-state index contributed by atoms with van der Waals surface area (Å²) in [6.45, 7) is 4.12. The molecule has 0 radical (unpaired) electrons. The second-order valence-corrected chi connectivity index (χ2v) is 7.63. The van der Waals surface area contributed by atoms with Gasteiger partial charge < -0.3 is 10.1 Å². The van der Waals surface area contributed by atoms with E-state index in [1.54, 1.807) is 0 Å². The number of rotatable bonds is 6. The predicted molar refractivity (Wildman–Crippen MR) is 91.9 cm³/mol. The fourth-order valence-corrected chi connectivity index (χ4v) is 4.94. The molecule has 1 aromatic rings. The summed E-state index contributed by atoms with van der Waals surface area (Å²) >= 11 is 8.38. The largest absolute Gasteiger partial charge is 0.493 e. The van der Waals surface area contributed by atoms with E-state index in [9.17, 15) is 0 Å². The molecular weight excluding hydrogens is 302 g/mol. The van der Waals surface area contributed by atoms with Crippen molar-refractivity contribution < 1.29 is 4.74 Å². The van der Waals surface area contributed by atoms with Gasteiger partial charge in [-0.25, -0.2) is 0 Å². The monoisotopic (exact) mass is 325 g/mol. The second kappa shape index (κ2) is 7.26. The summed E-state index contributed by atoms with van der Waals surface area (Å²) in [6.07, 6.45) is 4.54. The number of fused-ring (bicyclic) bond motifs is 1. The molecule has 0 amide bonds. The molecule has 1 aromatic carbocycles. The minimum atomic E-state index is 0.548. The topological polar surface area (TPSA) is 21.3 Å². The van der Waals surface area contributed by atoms with Crippen LogP contribution in [-0.4, -0.2) is 30.7 Å². The van der Waals surface area contributed by atoms with E-state index in [1.807, 2.05) is 0 Å². The molecule has 21 heavy (non-hydrogen) atoms. The zero-order chi connectivity index (χ0) is 14.7. The average Bonchev–Trinajstić information content (AvgIpc) is 3.13. The minimum Gasteiger partial charge on any atom is -0.493 e. The van der Waals surface area contributed by atoms with Crippen molar-refractivity contribution in [1.29, 1.82) is 0 Å². The second-order valence-electron chi connectivity index (χ2n) is 6.04. The Hall–Kier alpha value is -0.380. The molecule has 2 aliphatic rings. The molecule has 1 fully saturated rings. The highest BCUT2D eigenvalue weighted by molar-refractivity contribution is 7.99. The lowest BCUT2D eigenvalue weighted by Gasteiger charge is -2.25. The Bertz CT molecular complexity index is 488. The van der Waals surface area contributed by atoms with Gasteiger partial charge in [-0.3, -0.25) is 0 Å². The molecule has 2 nitrogen and oxygen atoms in total. The summed E-state index contributed by atoms with van der Waals surface area (Å²) < 4.78 is 5.86. The van der Waals surface area contributed by atoms with Crippen molar-refractivity contribution in [3.05, 3.63) is 28.3 Å². The normalized spacial score (nSPS) is 22.1. The zero-order valence-corrected chi connectivity index (χ0v) is 14.2. The number of nitrogens with one attached hydrogen (secondary N) is 1. The lowest BCUT2D eigenvalue weighted by Crippen LogP contribution is -2.38. The van der Waals surface area contributed by atoms with Gasteiger partial charge in [-0.1, -0.05) is 18.5 Å². The van der Waals surface area contributed by atoms with E-state index >= 15 is 0 Å². The maximum absolute atomic E-state index is 6.30. The lowest BCUT2D eigenvalue weighted by atomic mass is 9.91. The van der Waals surface area contributed by atoms with Crippen LogP contribution in [0.4, 0.5) is 0 Å². The number of ether oxygens (including phenoxy) is 1. The SMILES string of the molecule is CCCNC(Cc1cc(Cl)cc2c1OCC2)C1CCSC1. The molecule has 0 aromatic heterocycles. The molecule has 0 saturated carbocycles. The van der Waals surface area contributed by atoms with Gasteiger partial charge in [-0.05, 0) is 66.5 Å². The first kappa shape index (κ1) is 15.5. The molecular formula is C17H24ClNOS. The van der Waals surface area contributed by atoms with E-state index in [0.29, 0.717) is 6.04 Å². The van der Waals surface area contributed by atoms with Crippen LogP contribution in [0.1, 0.15) is 30.9 Å². The number of hydrogen-bond acceptors (Lipinski definition) is 3. The van der Waals surface area contributed by atoms with Gasteiger partial charge in [0, 0.05) is 17.5 Å². The van der Waals surface area contributed by atoms with Crippen molar-refractivity contribution in [3.8, 4) is 5.75 Å². The van der Waals surface area contributed by atoms with Gasteiger partial charge in [0.2, 0.25) is 0 Å². The third-order valence-electron chi connectivity index (χ3n) is 4.46. The fraction of sp³-hybridized carbons (Fsp3) is 0.647. The first-order valence-electron chi connectivity index (χ1n) is 8.03. The summed E-state index contributed by atoms with van der Waals surface area (Å²) in [5.41, 5.74) is 2.58. The first-order chi connectivity index (χ1) is 10.3. The van der Waals surface area contributed by atoms with Crippen LogP contribution in [0, 0.1) is 5.92 Å². The van der Waals surface area contributed by atoms with E-state index in [1.165, 1.54) is 35.5 Å². The van der Waals surface area contributed by atoms with E-state index in [-0.39, 0.29) is 0 Å². The molecule has 2 heterocycles. The van der Waals surface area contributed by atoms with Gasteiger partial charge in [-0.15, -0.1) is 0 Å². The maximum Gasteiger partial charge on any atom is 0.125 e. The highest BCUT2D eigenvalue weighted by atomic mass is 35.5. The maximum atomic E-state index is 6.30. The van der Waals surface area contributed by atoms with Gasteiger partial charge in [0.05, 0.1) is 6.61 Å². The van der Waals surface area contributed by atoms with Crippen LogP contribution in [0.25, 0.3) is 0 Å². The summed E-state index contributed by atoms with van der Waals surface area (Å²) in [6, 6.07) is 4.72. The van der Waals surface area contributed by atoms with Gasteiger partial charge >= 0.3 is 0 Å². The number of halogens is 1. The molecule has 3 rings (SSSR count). The van der Waals surface area contributed by atoms with E-state index < -0.39 is 0 Å². The molecule has 1 saturated heterocycles. The van der Waals surface area contributed by atoms with Crippen molar-refractivity contribution in [3.63, 3.8) is 0 Å². The Morgan fingerprint density at radius 1 is 1.48 bits per heavy atom. The van der Waals surface area contributed by atoms with Crippen molar-refractivity contribution in [1.82, 2.24) is 5.32 Å². The van der Waals surface area contributed by atoms with Crippen LogP contribution in [0.2, 0.25) is 5.02 Å². The molecule has 1 N–H and O–H groups in total. The summed E-state index contributed by atoms with van der Waals surface area (Å²) in [7, 11) is 0. The summed E-state index contributed by atoms with van der Waals surface area (Å²) in [4.78, 5) is 0. The molecule has 0 aliphatic carbocycles. The Kier molecular flexibility index (Phi) is 5.36. The van der Waals surface area contributed by atoms with Crippen molar-refractivity contribution >= 4 is 23.4 Å². The van der Waals surface area contributed by atoms with Gasteiger partial charge in [-0.2, -0.15) is 11.8 Å². The number of thioether (sulfide) groups is 1. The van der Waals surface area contributed by atoms with Crippen molar-refractivity contribution in [2.45, 2.75) is 38.6 Å². The molecule has 2 atom stereocenters. The Morgan fingerprint density at radius 2 is 2.38 bits per heavy atom. The Balaban J connectivity index is 1.78.